The summed E-state index contributed by atoms with van der Waals surface area (Å²) >= 11 is 5.36. The first-order valence-corrected chi connectivity index (χ1v) is 8.76. The monoisotopic (exact) mass is 372 g/mol. The van der Waals surface area contributed by atoms with E-state index in [0.717, 1.165) is 17.0 Å². The normalized spacial score (nSPS) is 11.4. The van der Waals surface area contributed by atoms with Crippen LogP contribution in [0.2, 0.25) is 0 Å². The van der Waals surface area contributed by atoms with Crippen LogP contribution in [0.4, 0.5) is 5.69 Å². The van der Waals surface area contributed by atoms with Crippen molar-refractivity contribution in [1.29, 1.82) is 0 Å². The van der Waals surface area contributed by atoms with Crippen molar-refractivity contribution in [2.45, 2.75) is 26.8 Å². The molecule has 0 saturated carbocycles. The maximum Gasteiger partial charge on any atom is 0.337 e. The quantitative estimate of drug-likeness (QED) is 0.593. The van der Waals surface area contributed by atoms with Crippen LogP contribution in [-0.2, 0) is 4.74 Å². The van der Waals surface area contributed by atoms with Crippen LogP contribution in [-0.4, -0.2) is 30.8 Å². The molecule has 0 heterocycles. The molecule has 0 amide bonds. The second kappa shape index (κ2) is 9.20. The average Bonchev–Trinajstić information content (AvgIpc) is 2.62. The van der Waals surface area contributed by atoms with E-state index in [0.29, 0.717) is 17.3 Å². The molecular weight excluding hydrogens is 348 g/mol. The Kier molecular flexibility index (Phi) is 6.97. The van der Waals surface area contributed by atoms with Gasteiger partial charge in [0.1, 0.15) is 12.4 Å². The van der Waals surface area contributed by atoms with Crippen molar-refractivity contribution in [2.75, 3.05) is 19.0 Å². The fraction of sp³-hybridized carbons (Fsp3) is 0.300. The van der Waals surface area contributed by atoms with E-state index < -0.39 is 0 Å². The number of nitrogens with one attached hydrogen (secondary N) is 2. The van der Waals surface area contributed by atoms with Crippen LogP contribution in [0.1, 0.15) is 28.4 Å². The second-order valence-electron chi connectivity index (χ2n) is 6.14. The second-order valence-corrected chi connectivity index (χ2v) is 6.55. The third-order valence-electron chi connectivity index (χ3n) is 3.81. The Labute approximate surface area is 159 Å². The Hall–Kier alpha value is -2.60. The van der Waals surface area contributed by atoms with Crippen LogP contribution < -0.4 is 15.4 Å². The molecule has 0 aliphatic rings. The summed E-state index contributed by atoms with van der Waals surface area (Å²) in [6.45, 7) is 6.44. The minimum atomic E-state index is -0.383. The lowest BCUT2D eigenvalue weighted by Gasteiger charge is -2.19. The molecular formula is C20H24N2O3S. The molecule has 2 aromatic carbocycles. The molecule has 0 aromatic heterocycles. The molecule has 0 aliphatic carbocycles. The summed E-state index contributed by atoms with van der Waals surface area (Å²) in [5.74, 6) is 0.441. The zero-order valence-corrected chi connectivity index (χ0v) is 16.3. The lowest BCUT2D eigenvalue weighted by atomic mass is 10.1. The zero-order chi connectivity index (χ0) is 19.1. The van der Waals surface area contributed by atoms with Gasteiger partial charge in [-0.1, -0.05) is 23.8 Å². The first-order chi connectivity index (χ1) is 12.4. The molecule has 26 heavy (non-hydrogen) atoms. The van der Waals surface area contributed by atoms with Gasteiger partial charge in [0.25, 0.3) is 0 Å². The summed E-state index contributed by atoms with van der Waals surface area (Å²) in [5.41, 5.74) is 3.40. The van der Waals surface area contributed by atoms with Crippen molar-refractivity contribution in [1.82, 2.24) is 5.32 Å². The molecule has 2 rings (SSSR count). The maximum absolute atomic E-state index is 11.7. The highest BCUT2D eigenvalue weighted by atomic mass is 32.1. The highest BCUT2D eigenvalue weighted by Gasteiger charge is 2.10. The summed E-state index contributed by atoms with van der Waals surface area (Å²) in [6, 6.07) is 13.2. The summed E-state index contributed by atoms with van der Waals surface area (Å²) < 4.78 is 10.5. The summed E-state index contributed by atoms with van der Waals surface area (Å²) in [7, 11) is 1.36. The van der Waals surface area contributed by atoms with Gasteiger partial charge in [-0.3, -0.25) is 0 Å². The first kappa shape index (κ1) is 19.7. The number of aryl methyl sites for hydroxylation is 2. The van der Waals surface area contributed by atoms with Gasteiger partial charge in [-0.2, -0.15) is 0 Å². The molecule has 5 nitrogen and oxygen atoms in total. The van der Waals surface area contributed by atoms with Crippen LogP contribution in [0, 0.1) is 13.8 Å². The largest absolute Gasteiger partial charge is 0.491 e. The van der Waals surface area contributed by atoms with E-state index in [1.54, 1.807) is 12.1 Å². The highest BCUT2D eigenvalue weighted by Crippen LogP contribution is 2.17. The first-order valence-electron chi connectivity index (χ1n) is 8.35. The van der Waals surface area contributed by atoms with Crippen LogP contribution in [0.25, 0.3) is 0 Å². The number of anilines is 1. The lowest BCUT2D eigenvalue weighted by molar-refractivity contribution is 0.0601. The number of carbonyl (C=O) groups excluding carboxylic acids is 1. The molecule has 0 bridgehead atoms. The fourth-order valence-electron chi connectivity index (χ4n) is 2.28. The van der Waals surface area contributed by atoms with Gasteiger partial charge >= 0.3 is 5.97 Å². The number of methoxy groups -OCH3 is 1. The van der Waals surface area contributed by atoms with E-state index in [2.05, 4.69) is 10.6 Å². The van der Waals surface area contributed by atoms with Crippen molar-refractivity contribution in [2.24, 2.45) is 0 Å². The maximum atomic E-state index is 11.7. The van der Waals surface area contributed by atoms with Crippen LogP contribution in [0.15, 0.2) is 42.5 Å². The Morgan fingerprint density at radius 2 is 1.85 bits per heavy atom. The SMILES string of the molecule is COC(=O)c1ccc(C)c(NC(=S)N[C@H](C)COc2ccc(C)cc2)c1. The van der Waals surface area contributed by atoms with Gasteiger partial charge in [0.15, 0.2) is 5.11 Å². The van der Waals surface area contributed by atoms with Gasteiger partial charge in [-0.25, -0.2) is 4.79 Å². The highest BCUT2D eigenvalue weighted by molar-refractivity contribution is 7.80. The Morgan fingerprint density at radius 3 is 2.50 bits per heavy atom. The predicted molar refractivity (Wildman–Crippen MR) is 108 cm³/mol. The summed E-state index contributed by atoms with van der Waals surface area (Å²) in [5, 5.41) is 6.77. The van der Waals surface area contributed by atoms with E-state index in [1.165, 1.54) is 12.7 Å². The van der Waals surface area contributed by atoms with Crippen molar-refractivity contribution < 1.29 is 14.3 Å². The molecule has 2 aromatic rings. The van der Waals surface area contributed by atoms with Gasteiger partial charge in [-0.05, 0) is 62.8 Å². The van der Waals surface area contributed by atoms with Crippen LogP contribution >= 0.6 is 12.2 Å². The lowest BCUT2D eigenvalue weighted by Crippen LogP contribution is -2.39. The van der Waals surface area contributed by atoms with Gasteiger partial charge in [0.05, 0.1) is 18.7 Å². The fourth-order valence-corrected chi connectivity index (χ4v) is 2.59. The molecule has 0 fully saturated rings. The van der Waals surface area contributed by atoms with Crippen molar-refractivity contribution in [3.05, 3.63) is 59.2 Å². The average molecular weight is 372 g/mol. The van der Waals surface area contributed by atoms with Gasteiger partial charge in [-0.15, -0.1) is 0 Å². The molecule has 0 aliphatic heterocycles. The van der Waals surface area contributed by atoms with Crippen LogP contribution in [0.5, 0.6) is 5.75 Å². The molecule has 0 spiro atoms. The summed E-state index contributed by atoms with van der Waals surface area (Å²) in [4.78, 5) is 11.7. The van der Waals surface area contributed by atoms with Crippen LogP contribution in [0.3, 0.4) is 0 Å². The molecule has 138 valence electrons. The zero-order valence-electron chi connectivity index (χ0n) is 15.5. The molecule has 6 heteroatoms. The van der Waals surface area contributed by atoms with E-state index in [1.807, 2.05) is 51.1 Å². The standard InChI is InChI=1S/C20H24N2O3S/c1-13-5-9-17(10-6-13)25-12-15(3)21-20(26)22-18-11-16(19(23)24-4)8-7-14(18)2/h5-11,15H,12H2,1-4H3,(H2,21,22,26)/t15-/m1/s1. The number of esters is 1. The third-order valence-corrected chi connectivity index (χ3v) is 4.03. The number of hydrogen-bond donors (Lipinski definition) is 2. The smallest absolute Gasteiger partial charge is 0.337 e. The molecule has 1 atom stereocenters. The Morgan fingerprint density at radius 1 is 1.15 bits per heavy atom. The minimum Gasteiger partial charge on any atom is -0.491 e. The van der Waals surface area contributed by atoms with Crippen molar-refractivity contribution in [3.63, 3.8) is 0 Å². The number of hydrogen-bond acceptors (Lipinski definition) is 4. The number of rotatable bonds is 6. The molecule has 0 radical (unpaired) electrons. The number of thiocarbonyl (C=S) groups is 1. The van der Waals surface area contributed by atoms with Crippen molar-refractivity contribution in [3.8, 4) is 5.75 Å². The van der Waals surface area contributed by atoms with Gasteiger partial charge in [0, 0.05) is 5.69 Å². The minimum absolute atomic E-state index is 0.0143. The Balaban J connectivity index is 1.89. The Bertz CT molecular complexity index is 775. The van der Waals surface area contributed by atoms with Crippen molar-refractivity contribution >= 4 is 29.0 Å². The molecule has 0 saturated heterocycles. The van der Waals surface area contributed by atoms with Gasteiger partial charge in [0.2, 0.25) is 0 Å². The van der Waals surface area contributed by atoms with E-state index in [9.17, 15) is 4.79 Å². The third kappa shape index (κ3) is 5.74. The number of ether oxygens (including phenoxy) is 2. The number of carbonyl (C=O) groups is 1. The van der Waals surface area contributed by atoms with E-state index in [4.69, 9.17) is 21.7 Å². The van der Waals surface area contributed by atoms with E-state index in [-0.39, 0.29) is 12.0 Å². The van der Waals surface area contributed by atoms with E-state index >= 15 is 0 Å². The molecule has 2 N–H and O–H groups in total. The van der Waals surface area contributed by atoms with Gasteiger partial charge < -0.3 is 20.1 Å². The number of benzene rings is 2. The predicted octanol–water partition coefficient (Wildman–Crippen LogP) is 3.84. The summed E-state index contributed by atoms with van der Waals surface area (Å²) in [6.07, 6.45) is 0. The molecule has 0 unspecified atom stereocenters. The topological polar surface area (TPSA) is 59.6 Å².